The number of hydrogen-bond donors (Lipinski definition) is 1. The van der Waals surface area contributed by atoms with Crippen molar-refractivity contribution in [2.75, 3.05) is 5.73 Å². The second kappa shape index (κ2) is 3.51. The monoisotopic (exact) mass is 221 g/mol. The molecule has 1 heterocycles. The van der Waals surface area contributed by atoms with Gasteiger partial charge in [-0.1, -0.05) is 20.8 Å². The Morgan fingerprint density at radius 2 is 1.88 bits per heavy atom. The lowest BCUT2D eigenvalue weighted by molar-refractivity contribution is 0.569. The fourth-order valence-corrected chi connectivity index (χ4v) is 2.19. The molecule has 1 aromatic heterocycles. The van der Waals surface area contributed by atoms with E-state index in [9.17, 15) is 0 Å². The molecule has 0 radical (unpaired) electrons. The highest BCUT2D eigenvalue weighted by Crippen LogP contribution is 2.43. The largest absolute Gasteiger partial charge is 0.384 e. The Labute approximate surface area is 98.1 Å². The molecule has 16 heavy (non-hydrogen) atoms. The summed E-state index contributed by atoms with van der Waals surface area (Å²) >= 11 is 0. The van der Waals surface area contributed by atoms with Gasteiger partial charge in [0.25, 0.3) is 0 Å². The lowest BCUT2D eigenvalue weighted by Gasteiger charge is -2.17. The Morgan fingerprint density at radius 1 is 1.31 bits per heavy atom. The van der Waals surface area contributed by atoms with Gasteiger partial charge in [0.2, 0.25) is 0 Å². The number of imidazole rings is 1. The zero-order chi connectivity index (χ0) is 12.1. The summed E-state index contributed by atoms with van der Waals surface area (Å²) in [4.78, 5) is 4.80. The van der Waals surface area contributed by atoms with Crippen molar-refractivity contribution in [1.82, 2.24) is 9.55 Å². The van der Waals surface area contributed by atoms with Crippen molar-refractivity contribution in [1.29, 1.82) is 0 Å². The van der Waals surface area contributed by atoms with Crippen LogP contribution in [0, 0.1) is 0 Å². The van der Waals surface area contributed by atoms with E-state index in [2.05, 4.69) is 39.2 Å². The first-order valence-electron chi connectivity index (χ1n) is 6.20. The molecule has 90 valence electrons. The summed E-state index contributed by atoms with van der Waals surface area (Å²) in [5.41, 5.74) is 7.35. The van der Waals surface area contributed by atoms with E-state index in [0.29, 0.717) is 12.0 Å². The van der Waals surface area contributed by atoms with Crippen LogP contribution in [-0.4, -0.2) is 9.55 Å². The SMILES string of the molecule is CC(C)n1c(C2CC2)nc(C(C)(C)C)c1N. The van der Waals surface area contributed by atoms with E-state index < -0.39 is 0 Å². The number of nitrogens with two attached hydrogens (primary N) is 1. The number of anilines is 1. The van der Waals surface area contributed by atoms with E-state index in [1.54, 1.807) is 0 Å². The molecular weight excluding hydrogens is 198 g/mol. The van der Waals surface area contributed by atoms with Crippen LogP contribution in [-0.2, 0) is 5.41 Å². The van der Waals surface area contributed by atoms with Gasteiger partial charge in [0.05, 0.1) is 5.69 Å². The van der Waals surface area contributed by atoms with Crippen LogP contribution >= 0.6 is 0 Å². The normalized spacial score (nSPS) is 17.1. The molecule has 0 amide bonds. The van der Waals surface area contributed by atoms with Gasteiger partial charge in [-0.05, 0) is 26.7 Å². The molecule has 0 spiro atoms. The van der Waals surface area contributed by atoms with Crippen molar-refractivity contribution >= 4 is 5.82 Å². The molecule has 2 N–H and O–H groups in total. The number of nitrogen functional groups attached to an aromatic ring is 1. The Hall–Kier alpha value is -0.990. The third-order valence-corrected chi connectivity index (χ3v) is 3.14. The van der Waals surface area contributed by atoms with Crippen molar-refractivity contribution in [3.8, 4) is 0 Å². The first-order valence-corrected chi connectivity index (χ1v) is 6.20. The van der Waals surface area contributed by atoms with Crippen molar-refractivity contribution in [2.24, 2.45) is 0 Å². The molecule has 0 unspecified atom stereocenters. The third kappa shape index (κ3) is 1.83. The minimum atomic E-state index is 0.0356. The summed E-state index contributed by atoms with van der Waals surface area (Å²) in [6, 6.07) is 0.402. The van der Waals surface area contributed by atoms with Crippen molar-refractivity contribution in [3.05, 3.63) is 11.5 Å². The Balaban J connectivity index is 2.53. The predicted octanol–water partition coefficient (Wildman–Crippen LogP) is 3.22. The second-order valence-corrected chi connectivity index (χ2v) is 6.19. The van der Waals surface area contributed by atoms with E-state index in [0.717, 1.165) is 11.5 Å². The maximum absolute atomic E-state index is 6.26. The molecule has 1 fully saturated rings. The number of aromatic nitrogens is 2. The van der Waals surface area contributed by atoms with Gasteiger partial charge in [0, 0.05) is 17.4 Å². The molecule has 0 bridgehead atoms. The molecule has 0 atom stereocenters. The van der Waals surface area contributed by atoms with Crippen LogP contribution in [0.5, 0.6) is 0 Å². The van der Waals surface area contributed by atoms with E-state index >= 15 is 0 Å². The maximum atomic E-state index is 6.26. The summed E-state index contributed by atoms with van der Waals surface area (Å²) in [5.74, 6) is 2.72. The van der Waals surface area contributed by atoms with Crippen LogP contribution in [0.1, 0.15) is 70.9 Å². The van der Waals surface area contributed by atoms with Gasteiger partial charge < -0.3 is 10.3 Å². The zero-order valence-electron chi connectivity index (χ0n) is 11.0. The summed E-state index contributed by atoms with van der Waals surface area (Å²) in [6.45, 7) is 10.9. The van der Waals surface area contributed by atoms with Crippen molar-refractivity contribution in [3.63, 3.8) is 0 Å². The van der Waals surface area contributed by atoms with Gasteiger partial charge in [-0.15, -0.1) is 0 Å². The summed E-state index contributed by atoms with van der Waals surface area (Å²) in [6.07, 6.45) is 2.54. The molecule has 1 aromatic rings. The van der Waals surface area contributed by atoms with Gasteiger partial charge >= 0.3 is 0 Å². The molecule has 1 aliphatic rings. The minimum absolute atomic E-state index is 0.0356. The average molecular weight is 221 g/mol. The van der Waals surface area contributed by atoms with E-state index in [1.165, 1.54) is 18.7 Å². The second-order valence-electron chi connectivity index (χ2n) is 6.19. The topological polar surface area (TPSA) is 43.8 Å². The fraction of sp³-hybridized carbons (Fsp3) is 0.769. The first kappa shape index (κ1) is 11.5. The summed E-state index contributed by atoms with van der Waals surface area (Å²) < 4.78 is 2.22. The van der Waals surface area contributed by atoms with Crippen LogP contribution in [0.25, 0.3) is 0 Å². The number of rotatable bonds is 2. The van der Waals surface area contributed by atoms with Crippen LogP contribution in [0.4, 0.5) is 5.82 Å². The molecule has 0 aromatic carbocycles. The van der Waals surface area contributed by atoms with Crippen LogP contribution in [0.2, 0.25) is 0 Å². The molecule has 2 rings (SSSR count). The van der Waals surface area contributed by atoms with Crippen molar-refractivity contribution < 1.29 is 0 Å². The fourth-order valence-electron chi connectivity index (χ4n) is 2.19. The standard InChI is InChI=1S/C13H23N3/c1-8(2)16-11(14)10(13(3,4)5)15-12(16)9-6-7-9/h8-9H,6-7,14H2,1-5H3. The first-order chi connectivity index (χ1) is 7.32. The number of nitrogens with zero attached hydrogens (tertiary/aromatic N) is 2. The Bertz CT molecular complexity index is 392. The van der Waals surface area contributed by atoms with Crippen LogP contribution in [0.3, 0.4) is 0 Å². The molecule has 3 nitrogen and oxygen atoms in total. The summed E-state index contributed by atoms with van der Waals surface area (Å²) in [5, 5.41) is 0. The Morgan fingerprint density at radius 3 is 2.25 bits per heavy atom. The van der Waals surface area contributed by atoms with Crippen LogP contribution < -0.4 is 5.73 Å². The highest BCUT2D eigenvalue weighted by molar-refractivity contribution is 5.44. The Kier molecular flexibility index (Phi) is 2.52. The van der Waals surface area contributed by atoms with Crippen LogP contribution in [0.15, 0.2) is 0 Å². The molecule has 1 aliphatic carbocycles. The van der Waals surface area contributed by atoms with E-state index in [4.69, 9.17) is 10.7 Å². The van der Waals surface area contributed by atoms with Gasteiger partial charge in [0.15, 0.2) is 0 Å². The van der Waals surface area contributed by atoms with E-state index in [-0.39, 0.29) is 5.41 Å². The maximum Gasteiger partial charge on any atom is 0.127 e. The van der Waals surface area contributed by atoms with Gasteiger partial charge in [-0.3, -0.25) is 0 Å². The third-order valence-electron chi connectivity index (χ3n) is 3.14. The lowest BCUT2D eigenvalue weighted by atomic mass is 9.92. The zero-order valence-corrected chi connectivity index (χ0v) is 11.0. The number of hydrogen-bond acceptors (Lipinski definition) is 2. The van der Waals surface area contributed by atoms with Crippen molar-refractivity contribution in [2.45, 2.75) is 64.8 Å². The predicted molar refractivity (Wildman–Crippen MR) is 67.7 cm³/mol. The van der Waals surface area contributed by atoms with Gasteiger partial charge in [0.1, 0.15) is 11.6 Å². The molecule has 1 saturated carbocycles. The molecular formula is C13H23N3. The van der Waals surface area contributed by atoms with E-state index in [1.807, 2.05) is 0 Å². The molecule has 0 aliphatic heterocycles. The molecule has 0 saturated heterocycles. The quantitative estimate of drug-likeness (QED) is 0.833. The lowest BCUT2D eigenvalue weighted by Crippen LogP contribution is -2.15. The highest BCUT2D eigenvalue weighted by Gasteiger charge is 2.33. The smallest absolute Gasteiger partial charge is 0.127 e. The summed E-state index contributed by atoms with van der Waals surface area (Å²) in [7, 11) is 0. The van der Waals surface area contributed by atoms with Gasteiger partial charge in [-0.25, -0.2) is 4.98 Å². The minimum Gasteiger partial charge on any atom is -0.384 e. The molecule has 3 heteroatoms. The highest BCUT2D eigenvalue weighted by atomic mass is 15.2. The average Bonchev–Trinajstić information content (AvgIpc) is 2.87. The van der Waals surface area contributed by atoms with Gasteiger partial charge in [-0.2, -0.15) is 0 Å².